The Morgan fingerprint density at radius 3 is 2.32 bits per heavy atom. The van der Waals surface area contributed by atoms with Gasteiger partial charge in [0.2, 0.25) is 5.91 Å². The molecule has 1 fully saturated rings. The molecule has 2 N–H and O–H groups in total. The number of nitrogens with one attached hydrogen (secondary N) is 2. The fourth-order valence-electron chi connectivity index (χ4n) is 6.72. The highest BCUT2D eigenvalue weighted by Gasteiger charge is 2.54. The van der Waals surface area contributed by atoms with Gasteiger partial charge in [0, 0.05) is 59.0 Å². The first-order valence-corrected chi connectivity index (χ1v) is 22.6. The number of ether oxygens (including phenoxy) is 2. The molecular weight excluding hydrogens is 794 g/mol. The number of halogens is 1. The quantitative estimate of drug-likeness (QED) is 0.0857. The Hall–Kier alpha value is -5.48. The van der Waals surface area contributed by atoms with Crippen LogP contribution in [0.5, 0.6) is 0 Å². The van der Waals surface area contributed by atoms with Crippen molar-refractivity contribution in [2.75, 3.05) is 13.7 Å². The van der Waals surface area contributed by atoms with E-state index in [1.165, 1.54) is 19.5 Å². The monoisotopic (exact) mass is 837 g/mol. The van der Waals surface area contributed by atoms with Crippen LogP contribution in [0.4, 0.5) is 0 Å². The first-order chi connectivity index (χ1) is 26.6. The first-order valence-electron chi connectivity index (χ1n) is 18.1. The molecule has 0 unspecified atom stereocenters. The third-order valence-corrected chi connectivity index (χ3v) is 12.4. The molecule has 1 aliphatic carbocycles. The van der Waals surface area contributed by atoms with E-state index in [0.717, 1.165) is 27.0 Å². The second-order valence-corrected chi connectivity index (χ2v) is 21.6. The minimum absolute atomic E-state index is 0.0483. The van der Waals surface area contributed by atoms with E-state index >= 15 is 0 Å². The van der Waals surface area contributed by atoms with Crippen LogP contribution >= 0.6 is 15.9 Å². The van der Waals surface area contributed by atoms with Gasteiger partial charge in [-0.3, -0.25) is 23.7 Å². The number of methoxy groups -OCH3 is 1. The average Bonchev–Trinajstić information content (AvgIpc) is 3.97. The number of amides is 1. The fourth-order valence-corrected chi connectivity index (χ4v) is 8.13. The zero-order chi connectivity index (χ0) is 40.9. The van der Waals surface area contributed by atoms with Gasteiger partial charge < -0.3 is 19.8 Å². The zero-order valence-electron chi connectivity index (χ0n) is 32.5. The fraction of sp³-hybridized carbons (Fsp3) is 0.366. The average molecular weight is 839 g/mol. The third-order valence-electron chi connectivity index (χ3n) is 9.99. The summed E-state index contributed by atoms with van der Waals surface area (Å²) in [5.74, 6) is -0.317. The summed E-state index contributed by atoms with van der Waals surface area (Å²) >= 11 is 3.57. The summed E-state index contributed by atoms with van der Waals surface area (Å²) in [4.78, 5) is 62.0. The molecule has 15 heteroatoms. The Balaban J connectivity index is 0.000000217. The highest BCUT2D eigenvalue weighted by Crippen LogP contribution is 2.49. The molecule has 1 amide bonds. The SMILES string of the molecule is COC(=O)Cc1c(C)c2c(Br)cccc2n(COCC[Si](C)(C)C)c1=O.Cc1c(C2(C(=O)N[C@H](C)c3ncc(C#N)cn3)CC2)c(=O)[nH]c2cccc(C#N)c12. The van der Waals surface area contributed by atoms with Crippen molar-refractivity contribution < 1.29 is 19.1 Å². The van der Waals surface area contributed by atoms with E-state index in [-0.39, 0.29) is 30.2 Å². The number of H-pyrrole nitrogens is 1. The maximum absolute atomic E-state index is 13.2. The van der Waals surface area contributed by atoms with Crippen molar-refractivity contribution in [2.45, 2.75) is 83.9 Å². The van der Waals surface area contributed by atoms with E-state index in [9.17, 15) is 24.4 Å². The molecule has 0 saturated heterocycles. The lowest BCUT2D eigenvalue weighted by Crippen LogP contribution is -2.40. The predicted octanol–water partition coefficient (Wildman–Crippen LogP) is 6.38. The summed E-state index contributed by atoms with van der Waals surface area (Å²) in [5.41, 5.74) is 3.02. The van der Waals surface area contributed by atoms with Gasteiger partial charge in [-0.15, -0.1) is 0 Å². The van der Waals surface area contributed by atoms with E-state index in [0.29, 0.717) is 64.0 Å². The van der Waals surface area contributed by atoms with Crippen molar-refractivity contribution in [1.29, 1.82) is 10.5 Å². The zero-order valence-corrected chi connectivity index (χ0v) is 35.1. The molecule has 2 aromatic carbocycles. The standard InChI is InChI=1S/C22H18N6O2.C19H26BrNO4Si/c1-12-17-15(9-24)4-3-5-16(17)28-20(29)18(12)22(6-7-22)21(30)27-13(2)19-25-10-14(8-23)11-26-19;1-13-14(11-17(22)24-2)19(23)21(12-25-9-10-26(3,4)5)16-8-6-7-15(20)18(13)16/h3-5,10-11,13H,6-7H2,1-2H3,(H,27,30)(H,28,29);6-8H,9-12H2,1-5H3/t13-;/m1./s1. The number of aromatic nitrogens is 4. The molecule has 0 aliphatic heterocycles. The van der Waals surface area contributed by atoms with E-state index in [1.807, 2.05) is 31.2 Å². The summed E-state index contributed by atoms with van der Waals surface area (Å²) < 4.78 is 13.1. The molecule has 0 radical (unpaired) electrons. The largest absolute Gasteiger partial charge is 0.469 e. The summed E-state index contributed by atoms with van der Waals surface area (Å²) in [5, 5.41) is 22.8. The first kappa shape index (κ1) is 41.7. The predicted molar refractivity (Wildman–Crippen MR) is 219 cm³/mol. The highest BCUT2D eigenvalue weighted by atomic mass is 79.9. The Morgan fingerprint density at radius 2 is 1.71 bits per heavy atom. The molecule has 5 aromatic rings. The molecule has 6 rings (SSSR count). The van der Waals surface area contributed by atoms with Gasteiger partial charge in [-0.25, -0.2) is 9.97 Å². The minimum atomic E-state index is -1.20. The summed E-state index contributed by atoms with van der Waals surface area (Å²) in [6.45, 7) is 13.1. The van der Waals surface area contributed by atoms with E-state index in [2.05, 4.69) is 61.9 Å². The van der Waals surface area contributed by atoms with Gasteiger partial charge in [-0.05, 0) is 75.0 Å². The molecule has 1 aliphatic rings. The molecule has 3 heterocycles. The number of hydrogen-bond donors (Lipinski definition) is 2. The third kappa shape index (κ3) is 8.81. The minimum Gasteiger partial charge on any atom is -0.469 e. The van der Waals surface area contributed by atoms with Crippen molar-refractivity contribution in [3.05, 3.63) is 113 Å². The molecule has 0 spiro atoms. The van der Waals surface area contributed by atoms with Gasteiger partial charge >= 0.3 is 5.97 Å². The van der Waals surface area contributed by atoms with Crippen molar-refractivity contribution in [2.24, 2.45) is 0 Å². The van der Waals surface area contributed by atoms with Crippen LogP contribution in [0.1, 0.15) is 65.0 Å². The van der Waals surface area contributed by atoms with E-state index < -0.39 is 25.5 Å². The van der Waals surface area contributed by atoms with Crippen LogP contribution in [0.2, 0.25) is 25.7 Å². The Labute approximate surface area is 333 Å². The van der Waals surface area contributed by atoms with Crippen LogP contribution in [0.15, 0.2) is 62.9 Å². The topological polar surface area (TPSA) is 193 Å². The smallest absolute Gasteiger partial charge is 0.310 e. The summed E-state index contributed by atoms with van der Waals surface area (Å²) in [6, 6.07) is 15.5. The number of rotatable bonds is 11. The second-order valence-electron chi connectivity index (χ2n) is 15.1. The molecule has 56 heavy (non-hydrogen) atoms. The van der Waals surface area contributed by atoms with Gasteiger partial charge in [0.05, 0.1) is 47.7 Å². The lowest BCUT2D eigenvalue weighted by Gasteiger charge is -2.21. The van der Waals surface area contributed by atoms with Gasteiger partial charge in [-0.2, -0.15) is 10.5 Å². The summed E-state index contributed by atoms with van der Waals surface area (Å²) in [6.07, 6.45) is 3.85. The maximum Gasteiger partial charge on any atom is 0.310 e. The molecule has 13 nitrogen and oxygen atoms in total. The van der Waals surface area contributed by atoms with Crippen LogP contribution < -0.4 is 16.4 Å². The Morgan fingerprint density at radius 1 is 1.04 bits per heavy atom. The van der Waals surface area contributed by atoms with Gasteiger partial charge in [0.1, 0.15) is 18.6 Å². The maximum atomic E-state index is 13.2. The Kier molecular flexibility index (Phi) is 12.7. The van der Waals surface area contributed by atoms with Gasteiger partial charge in [-0.1, -0.05) is 47.7 Å². The van der Waals surface area contributed by atoms with Crippen LogP contribution in [0.3, 0.4) is 0 Å². The molecule has 290 valence electrons. The van der Waals surface area contributed by atoms with Crippen molar-refractivity contribution in [3.63, 3.8) is 0 Å². The van der Waals surface area contributed by atoms with Crippen molar-refractivity contribution in [3.8, 4) is 12.1 Å². The number of aryl methyl sites for hydroxylation is 2. The summed E-state index contributed by atoms with van der Waals surface area (Å²) in [7, 11) is 0.127. The van der Waals surface area contributed by atoms with Crippen molar-refractivity contribution >= 4 is 57.7 Å². The second kappa shape index (κ2) is 17.1. The number of nitriles is 2. The number of carbonyl (C=O) groups excluding carboxylic acids is 2. The van der Waals surface area contributed by atoms with Crippen LogP contribution in [-0.2, 0) is 37.6 Å². The van der Waals surface area contributed by atoms with Gasteiger partial charge in [0.25, 0.3) is 11.1 Å². The molecule has 0 bridgehead atoms. The number of pyridine rings is 2. The molecular formula is C41H44BrN7O6Si. The molecule has 1 atom stereocenters. The molecule has 3 aromatic heterocycles. The number of esters is 1. The number of hydrogen-bond acceptors (Lipinski definition) is 10. The van der Waals surface area contributed by atoms with Crippen LogP contribution in [0.25, 0.3) is 21.8 Å². The van der Waals surface area contributed by atoms with Crippen LogP contribution in [0, 0.1) is 36.5 Å². The lowest BCUT2D eigenvalue weighted by molar-refractivity contribution is -0.139. The lowest BCUT2D eigenvalue weighted by atomic mass is 9.89. The normalized spacial score (nSPS) is 13.5. The number of nitrogens with zero attached hydrogens (tertiary/aromatic N) is 5. The highest BCUT2D eigenvalue weighted by molar-refractivity contribution is 9.10. The van der Waals surface area contributed by atoms with E-state index in [4.69, 9.17) is 14.7 Å². The number of benzene rings is 2. The number of aromatic amines is 1. The van der Waals surface area contributed by atoms with E-state index in [1.54, 1.807) is 36.6 Å². The number of carbonyl (C=O) groups is 2. The van der Waals surface area contributed by atoms with Crippen molar-refractivity contribution in [1.82, 2.24) is 24.8 Å². The van der Waals surface area contributed by atoms with Crippen LogP contribution in [-0.4, -0.2) is 53.2 Å². The Bertz CT molecular complexity index is 2530. The van der Waals surface area contributed by atoms with Gasteiger partial charge in [0.15, 0.2) is 0 Å². The molecule has 1 saturated carbocycles. The number of fused-ring (bicyclic) bond motifs is 2.